The number of hydrogen-bond donors (Lipinski definition) is 3. The molecule has 0 amide bonds. The van der Waals surface area contributed by atoms with Gasteiger partial charge in [-0.3, -0.25) is 4.79 Å². The fourth-order valence-corrected chi connectivity index (χ4v) is 1.26. The number of β-amino-alcohol motifs (C(OH)–C–C–N with tert-alkyl or cyclic N) is 1. The van der Waals surface area contributed by atoms with E-state index in [0.717, 1.165) is 0 Å². The summed E-state index contributed by atoms with van der Waals surface area (Å²) in [6, 6.07) is -0.478. The molecule has 11 heavy (non-hydrogen) atoms. The molecular formula is C7H13NO3. The zero-order chi connectivity index (χ0) is 8.43. The van der Waals surface area contributed by atoms with Gasteiger partial charge in [-0.1, -0.05) is 6.92 Å². The van der Waals surface area contributed by atoms with Crippen LogP contribution in [0.2, 0.25) is 0 Å². The molecule has 3 N–H and O–H groups in total. The Labute approximate surface area is 65.2 Å². The van der Waals surface area contributed by atoms with Gasteiger partial charge < -0.3 is 15.5 Å². The predicted octanol–water partition coefficient (Wildman–Crippen LogP) is -0.570. The van der Waals surface area contributed by atoms with Crippen LogP contribution in [0.4, 0.5) is 0 Å². The second-order valence-electron chi connectivity index (χ2n) is 3.08. The van der Waals surface area contributed by atoms with Crippen molar-refractivity contribution in [3.05, 3.63) is 0 Å². The lowest BCUT2D eigenvalue weighted by Crippen LogP contribution is -2.49. The third-order valence-corrected chi connectivity index (χ3v) is 2.14. The molecule has 3 atom stereocenters. The Bertz CT molecular complexity index is 160. The van der Waals surface area contributed by atoms with Crippen molar-refractivity contribution < 1.29 is 15.0 Å². The van der Waals surface area contributed by atoms with Crippen molar-refractivity contribution in [1.82, 2.24) is 5.32 Å². The van der Waals surface area contributed by atoms with Gasteiger partial charge in [-0.05, 0) is 12.3 Å². The van der Waals surface area contributed by atoms with Crippen LogP contribution in [-0.4, -0.2) is 34.9 Å². The maximum absolute atomic E-state index is 10.5. The minimum atomic E-state index is -0.830. The Kier molecular flexibility index (Phi) is 2.46. The van der Waals surface area contributed by atoms with Gasteiger partial charge in [0, 0.05) is 6.54 Å². The lowest BCUT2D eigenvalue weighted by Gasteiger charge is -2.29. The number of hydrogen-bond acceptors (Lipinski definition) is 3. The third kappa shape index (κ3) is 1.91. The number of carboxylic acid groups (broad SMARTS) is 1. The van der Waals surface area contributed by atoms with E-state index in [4.69, 9.17) is 5.11 Å². The van der Waals surface area contributed by atoms with Crippen LogP contribution in [0.5, 0.6) is 0 Å². The highest BCUT2D eigenvalue weighted by molar-refractivity contribution is 5.73. The van der Waals surface area contributed by atoms with E-state index < -0.39 is 18.1 Å². The van der Waals surface area contributed by atoms with Gasteiger partial charge in [0.05, 0.1) is 6.10 Å². The fraction of sp³-hybridized carbons (Fsp3) is 0.857. The first-order chi connectivity index (χ1) is 5.11. The molecule has 1 aliphatic heterocycles. The van der Waals surface area contributed by atoms with Crippen molar-refractivity contribution >= 4 is 5.97 Å². The van der Waals surface area contributed by atoms with E-state index in [1.54, 1.807) is 0 Å². The average Bonchev–Trinajstić information content (AvgIpc) is 1.94. The van der Waals surface area contributed by atoms with Gasteiger partial charge in [-0.25, -0.2) is 0 Å². The summed E-state index contributed by atoms with van der Waals surface area (Å²) in [6.45, 7) is 2.25. The number of piperidine rings is 1. The first-order valence-electron chi connectivity index (χ1n) is 3.75. The van der Waals surface area contributed by atoms with Crippen LogP contribution < -0.4 is 5.32 Å². The number of aliphatic hydroxyl groups is 1. The van der Waals surface area contributed by atoms with Crippen molar-refractivity contribution in [2.45, 2.75) is 25.5 Å². The van der Waals surface area contributed by atoms with Gasteiger partial charge in [0.1, 0.15) is 6.04 Å². The Balaban J connectivity index is 2.46. The lowest BCUT2D eigenvalue weighted by molar-refractivity contribution is -0.141. The second-order valence-corrected chi connectivity index (χ2v) is 3.08. The topological polar surface area (TPSA) is 69.6 Å². The highest BCUT2D eigenvalue weighted by Crippen LogP contribution is 2.15. The number of carboxylic acids is 1. The maximum atomic E-state index is 10.5. The highest BCUT2D eigenvalue weighted by Gasteiger charge is 2.29. The van der Waals surface area contributed by atoms with Crippen LogP contribution in [-0.2, 0) is 4.79 Å². The molecule has 0 aromatic carbocycles. The third-order valence-electron chi connectivity index (χ3n) is 2.14. The average molecular weight is 159 g/mol. The zero-order valence-corrected chi connectivity index (χ0v) is 6.45. The summed E-state index contributed by atoms with van der Waals surface area (Å²) < 4.78 is 0. The Morgan fingerprint density at radius 2 is 2.27 bits per heavy atom. The molecule has 0 unspecified atom stereocenters. The molecule has 1 rings (SSSR count). The van der Waals surface area contributed by atoms with Crippen LogP contribution in [0.3, 0.4) is 0 Å². The van der Waals surface area contributed by atoms with Gasteiger partial charge in [0.2, 0.25) is 0 Å². The summed E-state index contributed by atoms with van der Waals surface area (Å²) in [4.78, 5) is 10.5. The van der Waals surface area contributed by atoms with Crippen LogP contribution >= 0.6 is 0 Å². The molecule has 1 aliphatic rings. The number of rotatable bonds is 1. The summed E-state index contributed by atoms with van der Waals surface area (Å²) in [5.74, 6) is -0.749. The fourth-order valence-electron chi connectivity index (χ4n) is 1.26. The zero-order valence-electron chi connectivity index (χ0n) is 6.45. The van der Waals surface area contributed by atoms with Gasteiger partial charge >= 0.3 is 5.97 Å². The summed E-state index contributed by atoms with van der Waals surface area (Å²) in [5, 5.41) is 20.6. The molecule has 64 valence electrons. The Morgan fingerprint density at radius 1 is 1.64 bits per heavy atom. The smallest absolute Gasteiger partial charge is 0.320 e. The quantitative estimate of drug-likeness (QED) is 0.479. The van der Waals surface area contributed by atoms with Gasteiger partial charge in [0.15, 0.2) is 0 Å². The molecule has 0 aliphatic carbocycles. The summed E-state index contributed by atoms with van der Waals surface area (Å²) in [5.41, 5.74) is 0. The molecule has 1 fully saturated rings. The van der Waals surface area contributed by atoms with Crippen molar-refractivity contribution in [2.75, 3.05) is 6.54 Å². The van der Waals surface area contributed by atoms with E-state index >= 15 is 0 Å². The molecule has 0 saturated carbocycles. The SMILES string of the molecule is C[C@H]1C[C@@H](C(=O)O)NC[C@H]1O. The molecule has 4 heteroatoms. The predicted molar refractivity (Wildman–Crippen MR) is 39.2 cm³/mol. The van der Waals surface area contributed by atoms with Crippen LogP contribution in [0, 0.1) is 5.92 Å². The monoisotopic (exact) mass is 159 g/mol. The van der Waals surface area contributed by atoms with Crippen LogP contribution in [0.15, 0.2) is 0 Å². The lowest BCUT2D eigenvalue weighted by atomic mass is 9.92. The minimum absolute atomic E-state index is 0.0809. The van der Waals surface area contributed by atoms with Crippen molar-refractivity contribution in [2.24, 2.45) is 5.92 Å². The van der Waals surface area contributed by atoms with E-state index in [0.29, 0.717) is 13.0 Å². The molecule has 0 spiro atoms. The largest absolute Gasteiger partial charge is 0.480 e. The minimum Gasteiger partial charge on any atom is -0.480 e. The molecule has 4 nitrogen and oxygen atoms in total. The van der Waals surface area contributed by atoms with Gasteiger partial charge in [-0.2, -0.15) is 0 Å². The summed E-state index contributed by atoms with van der Waals surface area (Å²) in [6.07, 6.45) is 0.113. The Morgan fingerprint density at radius 3 is 2.73 bits per heavy atom. The van der Waals surface area contributed by atoms with E-state index in [1.165, 1.54) is 0 Å². The maximum Gasteiger partial charge on any atom is 0.320 e. The van der Waals surface area contributed by atoms with Crippen molar-refractivity contribution in [3.63, 3.8) is 0 Å². The molecular weight excluding hydrogens is 146 g/mol. The van der Waals surface area contributed by atoms with Crippen molar-refractivity contribution in [3.8, 4) is 0 Å². The van der Waals surface area contributed by atoms with E-state index in [1.807, 2.05) is 6.92 Å². The molecule has 1 heterocycles. The number of aliphatic hydroxyl groups excluding tert-OH is 1. The molecule has 0 aromatic heterocycles. The highest BCUT2D eigenvalue weighted by atomic mass is 16.4. The van der Waals surface area contributed by atoms with Gasteiger partial charge in [0.25, 0.3) is 0 Å². The number of carbonyl (C=O) groups is 1. The Hall–Kier alpha value is -0.610. The van der Waals surface area contributed by atoms with E-state index in [2.05, 4.69) is 5.32 Å². The number of aliphatic carboxylic acids is 1. The first kappa shape index (κ1) is 8.49. The van der Waals surface area contributed by atoms with Gasteiger partial charge in [-0.15, -0.1) is 0 Å². The van der Waals surface area contributed by atoms with Crippen molar-refractivity contribution in [1.29, 1.82) is 0 Å². The summed E-state index contributed by atoms with van der Waals surface area (Å²) in [7, 11) is 0. The second kappa shape index (κ2) is 3.19. The molecule has 0 radical (unpaired) electrons. The van der Waals surface area contributed by atoms with Crippen LogP contribution in [0.25, 0.3) is 0 Å². The van der Waals surface area contributed by atoms with E-state index in [-0.39, 0.29) is 5.92 Å². The molecule has 1 saturated heterocycles. The number of nitrogens with one attached hydrogen (secondary N) is 1. The molecule has 0 bridgehead atoms. The first-order valence-corrected chi connectivity index (χ1v) is 3.75. The molecule has 0 aromatic rings. The summed E-state index contributed by atoms with van der Waals surface area (Å²) >= 11 is 0. The van der Waals surface area contributed by atoms with E-state index in [9.17, 15) is 9.90 Å². The van der Waals surface area contributed by atoms with Crippen LogP contribution in [0.1, 0.15) is 13.3 Å². The normalized spacial score (nSPS) is 38.5. The standard InChI is InChI=1S/C7H13NO3/c1-4-2-5(7(10)11)8-3-6(4)9/h4-6,8-9H,2-3H2,1H3,(H,10,11)/t4-,5-,6+/m0/s1.